The first-order valence-electron chi connectivity index (χ1n) is 6.74. The smallest absolute Gasteiger partial charge is 0.271 e. The number of hydrogen-bond acceptors (Lipinski definition) is 5. The van der Waals surface area contributed by atoms with E-state index in [4.69, 9.17) is 5.26 Å². The van der Waals surface area contributed by atoms with Gasteiger partial charge in [0.25, 0.3) is 5.56 Å². The van der Waals surface area contributed by atoms with Gasteiger partial charge in [0.2, 0.25) is 5.88 Å². The van der Waals surface area contributed by atoms with E-state index >= 15 is 0 Å². The van der Waals surface area contributed by atoms with Gasteiger partial charge in [-0.1, -0.05) is 15.9 Å². The predicted molar refractivity (Wildman–Crippen MR) is 92.9 cm³/mol. The molecule has 118 valence electrons. The van der Waals surface area contributed by atoms with Crippen LogP contribution in [-0.4, -0.2) is 15.9 Å². The van der Waals surface area contributed by atoms with Gasteiger partial charge in [-0.2, -0.15) is 10.4 Å². The molecular weight excluding hydrogens is 360 g/mol. The Morgan fingerprint density at radius 3 is 2.74 bits per heavy atom. The number of nitrogens with zero attached hydrogens (tertiary/aromatic N) is 3. The zero-order valence-electron chi connectivity index (χ0n) is 12.9. The van der Waals surface area contributed by atoms with E-state index in [1.807, 2.05) is 31.2 Å². The second-order valence-electron chi connectivity index (χ2n) is 5.04. The first kappa shape index (κ1) is 16.8. The molecule has 0 saturated carbocycles. The van der Waals surface area contributed by atoms with E-state index < -0.39 is 5.56 Å². The monoisotopic (exact) mass is 374 g/mol. The van der Waals surface area contributed by atoms with Crippen molar-refractivity contribution in [1.82, 2.24) is 4.57 Å². The molecule has 6 nitrogen and oxygen atoms in total. The average molecular weight is 375 g/mol. The number of aromatic hydroxyl groups is 1. The van der Waals surface area contributed by atoms with E-state index in [1.165, 1.54) is 13.3 Å². The highest BCUT2D eigenvalue weighted by atomic mass is 79.9. The first-order chi connectivity index (χ1) is 10.9. The lowest BCUT2D eigenvalue weighted by Crippen LogP contribution is -2.22. The molecule has 1 aromatic carbocycles. The second-order valence-corrected chi connectivity index (χ2v) is 5.96. The molecule has 0 aliphatic rings. The molecule has 0 atom stereocenters. The topological polar surface area (TPSA) is 90.4 Å². The van der Waals surface area contributed by atoms with E-state index in [9.17, 15) is 9.90 Å². The van der Waals surface area contributed by atoms with Gasteiger partial charge in [0.1, 0.15) is 11.6 Å². The minimum Gasteiger partial charge on any atom is -0.494 e. The zero-order chi connectivity index (χ0) is 17.1. The fourth-order valence-electron chi connectivity index (χ4n) is 2.11. The molecule has 0 saturated heterocycles. The molecule has 2 aromatic rings. The molecule has 0 amide bonds. The Labute approximate surface area is 141 Å². The molecule has 0 fully saturated rings. The highest BCUT2D eigenvalue weighted by Crippen LogP contribution is 2.21. The number of hydrogen-bond donors (Lipinski definition) is 2. The number of pyridine rings is 1. The van der Waals surface area contributed by atoms with Crippen molar-refractivity contribution in [3.05, 3.63) is 55.3 Å². The Hall–Kier alpha value is -2.59. The molecule has 2 N–H and O–H groups in total. The fraction of sp³-hybridized carbons (Fsp3) is 0.188. The van der Waals surface area contributed by atoms with Crippen LogP contribution in [0.2, 0.25) is 0 Å². The van der Waals surface area contributed by atoms with E-state index in [2.05, 4.69) is 26.5 Å². The van der Waals surface area contributed by atoms with Crippen LogP contribution in [-0.2, 0) is 7.05 Å². The predicted octanol–water partition coefficient (Wildman–Crippen LogP) is 2.79. The van der Waals surface area contributed by atoms with Gasteiger partial charge >= 0.3 is 0 Å². The maximum Gasteiger partial charge on any atom is 0.271 e. The normalized spacial score (nSPS) is 10.7. The maximum absolute atomic E-state index is 11.9. The van der Waals surface area contributed by atoms with Crippen molar-refractivity contribution in [2.24, 2.45) is 12.1 Å². The van der Waals surface area contributed by atoms with Gasteiger partial charge in [-0.3, -0.25) is 14.8 Å². The Morgan fingerprint density at radius 1 is 1.43 bits per heavy atom. The summed E-state index contributed by atoms with van der Waals surface area (Å²) in [6.07, 6.45) is 1.40. The Balaban J connectivity index is 2.39. The van der Waals surface area contributed by atoms with Crippen molar-refractivity contribution in [2.45, 2.75) is 13.8 Å². The third kappa shape index (κ3) is 3.27. The number of aryl methyl sites for hydroxylation is 1. The molecule has 0 aliphatic heterocycles. The number of nitrogens with one attached hydrogen (secondary N) is 1. The SMILES string of the molecule is Cc1cc(Br)ccc1N/N=C\c1c(C)c(C#N)c(=O)n(C)c1O. The number of hydrazone groups is 1. The summed E-state index contributed by atoms with van der Waals surface area (Å²) < 4.78 is 1.99. The van der Waals surface area contributed by atoms with E-state index in [0.717, 1.165) is 20.3 Å². The van der Waals surface area contributed by atoms with Crippen molar-refractivity contribution < 1.29 is 5.11 Å². The Morgan fingerprint density at radius 2 is 2.13 bits per heavy atom. The van der Waals surface area contributed by atoms with Crippen LogP contribution in [0.4, 0.5) is 5.69 Å². The number of anilines is 1. The molecule has 7 heteroatoms. The number of nitriles is 1. The molecule has 0 spiro atoms. The quantitative estimate of drug-likeness (QED) is 0.638. The fourth-order valence-corrected chi connectivity index (χ4v) is 2.59. The van der Waals surface area contributed by atoms with Crippen LogP contribution in [0.3, 0.4) is 0 Å². The van der Waals surface area contributed by atoms with Crippen LogP contribution < -0.4 is 11.0 Å². The van der Waals surface area contributed by atoms with Crippen LogP contribution in [0.1, 0.15) is 22.3 Å². The summed E-state index contributed by atoms with van der Waals surface area (Å²) >= 11 is 3.39. The zero-order valence-corrected chi connectivity index (χ0v) is 14.5. The lowest BCUT2D eigenvalue weighted by Gasteiger charge is -2.10. The second kappa shape index (κ2) is 6.67. The number of rotatable bonds is 3. The summed E-state index contributed by atoms with van der Waals surface area (Å²) in [4.78, 5) is 11.9. The van der Waals surface area contributed by atoms with Crippen molar-refractivity contribution >= 4 is 27.8 Å². The van der Waals surface area contributed by atoms with Crippen molar-refractivity contribution in [3.8, 4) is 11.9 Å². The lowest BCUT2D eigenvalue weighted by atomic mass is 10.1. The molecule has 1 heterocycles. The van der Waals surface area contributed by atoms with Gasteiger partial charge in [0, 0.05) is 11.5 Å². The lowest BCUT2D eigenvalue weighted by molar-refractivity contribution is 0.421. The van der Waals surface area contributed by atoms with Crippen LogP contribution in [0.25, 0.3) is 0 Å². The van der Waals surface area contributed by atoms with Gasteiger partial charge in [0.15, 0.2) is 0 Å². The number of aromatic nitrogens is 1. The minimum absolute atomic E-state index is 0.00780. The van der Waals surface area contributed by atoms with Crippen LogP contribution in [0.5, 0.6) is 5.88 Å². The van der Waals surface area contributed by atoms with E-state index in [-0.39, 0.29) is 11.4 Å². The van der Waals surface area contributed by atoms with Crippen LogP contribution >= 0.6 is 15.9 Å². The van der Waals surface area contributed by atoms with Gasteiger partial charge in [-0.05, 0) is 43.2 Å². The molecule has 1 aromatic heterocycles. The molecule has 0 radical (unpaired) electrons. The first-order valence-corrected chi connectivity index (χ1v) is 7.54. The summed E-state index contributed by atoms with van der Waals surface area (Å²) in [7, 11) is 1.40. The highest BCUT2D eigenvalue weighted by molar-refractivity contribution is 9.10. The summed E-state index contributed by atoms with van der Waals surface area (Å²) in [5.41, 5.74) is 4.87. The molecule has 2 rings (SSSR count). The van der Waals surface area contributed by atoms with Crippen molar-refractivity contribution in [3.63, 3.8) is 0 Å². The van der Waals surface area contributed by atoms with Gasteiger partial charge in [-0.15, -0.1) is 0 Å². The standard InChI is InChI=1S/C16H15BrN4O2/c1-9-6-11(17)4-5-14(9)20-19-8-13-10(2)12(7-18)15(22)21(3)16(13)23/h4-6,8,20,23H,1-3H3/b19-8-. The summed E-state index contributed by atoms with van der Waals surface area (Å²) in [5.74, 6) is -0.232. The van der Waals surface area contributed by atoms with Gasteiger partial charge in [-0.25, -0.2) is 0 Å². The third-order valence-electron chi connectivity index (χ3n) is 3.54. The molecule has 0 unspecified atom stereocenters. The average Bonchev–Trinajstić information content (AvgIpc) is 2.51. The number of halogens is 1. The molecule has 23 heavy (non-hydrogen) atoms. The number of benzene rings is 1. The van der Waals surface area contributed by atoms with E-state index in [1.54, 1.807) is 6.92 Å². The molecule has 0 aliphatic carbocycles. The maximum atomic E-state index is 11.9. The largest absolute Gasteiger partial charge is 0.494 e. The van der Waals surface area contributed by atoms with Crippen molar-refractivity contribution in [1.29, 1.82) is 5.26 Å². The molecule has 0 bridgehead atoms. The van der Waals surface area contributed by atoms with Gasteiger partial charge < -0.3 is 5.11 Å². The third-order valence-corrected chi connectivity index (χ3v) is 4.03. The Kier molecular flexibility index (Phi) is 4.86. The highest BCUT2D eigenvalue weighted by Gasteiger charge is 2.15. The summed E-state index contributed by atoms with van der Waals surface area (Å²) in [5, 5.41) is 23.3. The summed E-state index contributed by atoms with van der Waals surface area (Å²) in [6.45, 7) is 3.54. The van der Waals surface area contributed by atoms with Crippen molar-refractivity contribution in [2.75, 3.05) is 5.43 Å². The van der Waals surface area contributed by atoms with E-state index in [0.29, 0.717) is 11.1 Å². The summed E-state index contributed by atoms with van der Waals surface area (Å²) in [6, 6.07) is 7.56. The Bertz CT molecular complexity index is 894. The van der Waals surface area contributed by atoms with Crippen LogP contribution in [0.15, 0.2) is 32.6 Å². The van der Waals surface area contributed by atoms with Crippen LogP contribution in [0, 0.1) is 25.2 Å². The molecular formula is C16H15BrN4O2. The van der Waals surface area contributed by atoms with Gasteiger partial charge in [0.05, 0.1) is 17.5 Å². The minimum atomic E-state index is -0.531.